The molecule has 1 aromatic heterocycles. The highest BCUT2D eigenvalue weighted by molar-refractivity contribution is 7.91. The van der Waals surface area contributed by atoms with Gasteiger partial charge in [0, 0.05) is 24.7 Å². The topological polar surface area (TPSA) is 70.6 Å². The molecule has 0 spiro atoms. The number of thiazole rings is 1. The van der Waals surface area contributed by atoms with Gasteiger partial charge >= 0.3 is 0 Å². The first-order chi connectivity index (χ1) is 14.1. The minimum absolute atomic E-state index is 0.0126. The SMILES string of the molecule is CCS(=O)(=O)c1cccc(C(=O)N(CCN(C)C)c2nc3c(F)cc(F)cc3s2)c1. The zero-order valence-corrected chi connectivity index (χ0v) is 18.4. The molecule has 0 fully saturated rings. The fraction of sp³-hybridized carbons (Fsp3) is 0.300. The van der Waals surface area contributed by atoms with E-state index >= 15 is 0 Å². The number of carbonyl (C=O) groups excluding carboxylic acids is 1. The van der Waals surface area contributed by atoms with Gasteiger partial charge in [-0.1, -0.05) is 24.3 Å². The van der Waals surface area contributed by atoms with Gasteiger partial charge in [-0.25, -0.2) is 22.2 Å². The number of anilines is 1. The Kier molecular flexibility index (Phi) is 6.49. The number of hydrogen-bond acceptors (Lipinski definition) is 6. The van der Waals surface area contributed by atoms with E-state index < -0.39 is 27.4 Å². The fourth-order valence-electron chi connectivity index (χ4n) is 2.79. The van der Waals surface area contributed by atoms with Gasteiger partial charge in [-0.15, -0.1) is 0 Å². The molecular formula is C20H21F2N3O3S2. The average molecular weight is 454 g/mol. The van der Waals surface area contributed by atoms with Crippen LogP contribution in [0.1, 0.15) is 17.3 Å². The molecule has 0 N–H and O–H groups in total. The summed E-state index contributed by atoms with van der Waals surface area (Å²) in [4.78, 5) is 20.8. The lowest BCUT2D eigenvalue weighted by Gasteiger charge is -2.22. The summed E-state index contributed by atoms with van der Waals surface area (Å²) in [5.41, 5.74) is 0.163. The first kappa shape index (κ1) is 22.3. The molecule has 0 bridgehead atoms. The normalized spacial score (nSPS) is 11.9. The molecule has 0 saturated heterocycles. The highest BCUT2D eigenvalue weighted by Crippen LogP contribution is 2.32. The summed E-state index contributed by atoms with van der Waals surface area (Å²) in [6, 6.07) is 7.72. The number of amides is 1. The van der Waals surface area contributed by atoms with Crippen molar-refractivity contribution >= 4 is 42.4 Å². The van der Waals surface area contributed by atoms with Crippen molar-refractivity contribution in [2.45, 2.75) is 11.8 Å². The summed E-state index contributed by atoms with van der Waals surface area (Å²) < 4.78 is 52.4. The largest absolute Gasteiger partial charge is 0.308 e. The molecule has 0 saturated carbocycles. The second-order valence-electron chi connectivity index (χ2n) is 6.92. The molecule has 160 valence electrons. The maximum atomic E-state index is 14.1. The molecule has 3 aromatic rings. The zero-order valence-electron chi connectivity index (χ0n) is 16.7. The van der Waals surface area contributed by atoms with Crippen LogP contribution in [0.25, 0.3) is 10.2 Å². The number of nitrogens with zero attached hydrogens (tertiary/aromatic N) is 3. The van der Waals surface area contributed by atoms with Crippen molar-refractivity contribution < 1.29 is 22.0 Å². The van der Waals surface area contributed by atoms with Crippen LogP contribution in [0.5, 0.6) is 0 Å². The molecule has 10 heteroatoms. The maximum absolute atomic E-state index is 14.1. The Morgan fingerprint density at radius 2 is 1.87 bits per heavy atom. The number of carbonyl (C=O) groups is 1. The van der Waals surface area contributed by atoms with Crippen LogP contribution < -0.4 is 4.90 Å². The third-order valence-corrected chi connectivity index (χ3v) is 7.23. The number of aromatic nitrogens is 1. The first-order valence-electron chi connectivity index (χ1n) is 9.17. The van der Waals surface area contributed by atoms with Gasteiger partial charge in [0.05, 0.1) is 15.3 Å². The molecule has 0 unspecified atom stereocenters. The van der Waals surface area contributed by atoms with Crippen LogP contribution in [0, 0.1) is 11.6 Å². The predicted octanol–water partition coefficient (Wildman–Crippen LogP) is 3.58. The minimum atomic E-state index is -3.48. The quantitative estimate of drug-likeness (QED) is 0.547. The van der Waals surface area contributed by atoms with E-state index in [1.165, 1.54) is 42.2 Å². The van der Waals surface area contributed by atoms with Crippen molar-refractivity contribution in [3.05, 3.63) is 53.6 Å². The van der Waals surface area contributed by atoms with Gasteiger partial charge in [-0.3, -0.25) is 9.69 Å². The van der Waals surface area contributed by atoms with Crippen molar-refractivity contribution in [3.63, 3.8) is 0 Å². The zero-order chi connectivity index (χ0) is 22.1. The van der Waals surface area contributed by atoms with Gasteiger partial charge in [-0.2, -0.15) is 0 Å². The Bertz CT molecular complexity index is 1190. The molecule has 0 radical (unpaired) electrons. The summed E-state index contributed by atoms with van der Waals surface area (Å²) in [5.74, 6) is -2.08. The third kappa shape index (κ3) is 4.66. The molecule has 3 rings (SSSR count). The highest BCUT2D eigenvalue weighted by atomic mass is 32.2. The van der Waals surface area contributed by atoms with Crippen molar-refractivity contribution in [2.24, 2.45) is 0 Å². The smallest absolute Gasteiger partial charge is 0.260 e. The molecular weight excluding hydrogens is 432 g/mol. The molecule has 0 atom stereocenters. The lowest BCUT2D eigenvalue weighted by Crippen LogP contribution is -2.36. The Labute approximate surface area is 177 Å². The van der Waals surface area contributed by atoms with E-state index in [-0.39, 0.29) is 38.1 Å². The van der Waals surface area contributed by atoms with Crippen molar-refractivity contribution in [1.82, 2.24) is 9.88 Å². The second kappa shape index (κ2) is 8.75. The van der Waals surface area contributed by atoms with Crippen molar-refractivity contribution in [3.8, 4) is 0 Å². The second-order valence-corrected chi connectivity index (χ2v) is 10.2. The summed E-state index contributed by atoms with van der Waals surface area (Å²) >= 11 is 1.000. The minimum Gasteiger partial charge on any atom is -0.308 e. The van der Waals surface area contributed by atoms with E-state index in [9.17, 15) is 22.0 Å². The maximum Gasteiger partial charge on any atom is 0.260 e. The number of rotatable bonds is 7. The van der Waals surface area contributed by atoms with E-state index in [1.54, 1.807) is 0 Å². The number of benzene rings is 2. The number of likely N-dealkylation sites (N-methyl/N-ethyl adjacent to an activating group) is 1. The van der Waals surface area contributed by atoms with E-state index in [1.807, 2.05) is 19.0 Å². The molecule has 0 aliphatic rings. The molecule has 30 heavy (non-hydrogen) atoms. The van der Waals surface area contributed by atoms with Gasteiger partial charge in [0.2, 0.25) is 0 Å². The number of sulfone groups is 1. The van der Waals surface area contributed by atoms with Gasteiger partial charge in [0.1, 0.15) is 11.3 Å². The van der Waals surface area contributed by atoms with Crippen molar-refractivity contribution in [1.29, 1.82) is 0 Å². The van der Waals surface area contributed by atoms with E-state index in [0.29, 0.717) is 6.54 Å². The number of fused-ring (bicyclic) bond motifs is 1. The van der Waals surface area contributed by atoms with Crippen molar-refractivity contribution in [2.75, 3.05) is 37.8 Å². The van der Waals surface area contributed by atoms with Gasteiger partial charge in [0.25, 0.3) is 5.91 Å². The highest BCUT2D eigenvalue weighted by Gasteiger charge is 2.24. The number of halogens is 2. The molecule has 6 nitrogen and oxygen atoms in total. The van der Waals surface area contributed by atoms with E-state index in [4.69, 9.17) is 0 Å². The Morgan fingerprint density at radius 1 is 1.13 bits per heavy atom. The molecule has 0 aliphatic carbocycles. The van der Waals surface area contributed by atoms with E-state index in [2.05, 4.69) is 4.98 Å². The Morgan fingerprint density at radius 3 is 2.53 bits per heavy atom. The van der Waals surface area contributed by atoms with Crippen LogP contribution in [0.15, 0.2) is 41.3 Å². The summed E-state index contributed by atoms with van der Waals surface area (Å²) in [7, 11) is 0.191. The van der Waals surface area contributed by atoms with Gasteiger partial charge in [-0.05, 0) is 38.4 Å². The van der Waals surface area contributed by atoms with Crippen LogP contribution in [0.3, 0.4) is 0 Å². The van der Waals surface area contributed by atoms with Crippen LogP contribution in [0.4, 0.5) is 13.9 Å². The van der Waals surface area contributed by atoms with Crippen LogP contribution in [-0.2, 0) is 9.84 Å². The summed E-state index contributed by atoms with van der Waals surface area (Å²) in [6.45, 7) is 2.26. The third-order valence-electron chi connectivity index (χ3n) is 4.47. The lowest BCUT2D eigenvalue weighted by molar-refractivity contribution is 0.0985. The summed E-state index contributed by atoms with van der Waals surface area (Å²) in [6.07, 6.45) is 0. The van der Waals surface area contributed by atoms with E-state index in [0.717, 1.165) is 17.4 Å². The molecule has 2 aromatic carbocycles. The molecule has 0 aliphatic heterocycles. The first-order valence-corrected chi connectivity index (χ1v) is 11.6. The Balaban J connectivity index is 2.05. The predicted molar refractivity (Wildman–Crippen MR) is 114 cm³/mol. The summed E-state index contributed by atoms with van der Waals surface area (Å²) in [5, 5.41) is 0.213. The molecule has 1 heterocycles. The monoisotopic (exact) mass is 453 g/mol. The van der Waals surface area contributed by atoms with Gasteiger partial charge in [0.15, 0.2) is 20.8 Å². The van der Waals surface area contributed by atoms with Crippen LogP contribution in [0.2, 0.25) is 0 Å². The number of hydrogen-bond donors (Lipinski definition) is 0. The standard InChI is InChI=1S/C20H21F2N3O3S2/c1-4-30(27,28)15-7-5-6-13(10-15)19(26)25(9-8-24(2)3)20-23-18-16(22)11-14(21)12-17(18)29-20/h5-7,10-12H,4,8-9H2,1-3H3. The van der Waals surface area contributed by atoms with Crippen LogP contribution >= 0.6 is 11.3 Å². The van der Waals surface area contributed by atoms with Gasteiger partial charge < -0.3 is 4.90 Å². The Hall–Kier alpha value is -2.43. The average Bonchev–Trinajstić information content (AvgIpc) is 3.12. The van der Waals surface area contributed by atoms with Crippen LogP contribution in [-0.4, -0.2) is 57.1 Å². The fourth-order valence-corrected chi connectivity index (χ4v) is 4.75. The molecule has 1 amide bonds. The lowest BCUT2D eigenvalue weighted by atomic mass is 10.2.